The topological polar surface area (TPSA) is 101 Å². The third kappa shape index (κ3) is 4.73. The molecular formula is C26H30ClN5O3. The van der Waals surface area contributed by atoms with Crippen LogP contribution in [-0.2, 0) is 15.0 Å². The van der Waals surface area contributed by atoms with Crippen LogP contribution in [-0.4, -0.2) is 27.6 Å². The van der Waals surface area contributed by atoms with E-state index in [0.29, 0.717) is 28.7 Å². The van der Waals surface area contributed by atoms with Crippen LogP contribution in [0.15, 0.2) is 53.1 Å². The van der Waals surface area contributed by atoms with E-state index in [1.54, 1.807) is 23.1 Å². The van der Waals surface area contributed by atoms with Gasteiger partial charge in [-0.05, 0) is 49.1 Å². The van der Waals surface area contributed by atoms with Gasteiger partial charge < -0.3 is 15.1 Å². The number of anilines is 1. The molecule has 8 nitrogen and oxygen atoms in total. The Balaban J connectivity index is 1.49. The Morgan fingerprint density at radius 2 is 2.03 bits per heavy atom. The van der Waals surface area contributed by atoms with Crippen molar-refractivity contribution < 1.29 is 14.0 Å². The third-order valence-electron chi connectivity index (χ3n) is 7.04. The number of amides is 2. The van der Waals surface area contributed by atoms with Crippen molar-refractivity contribution in [2.24, 2.45) is 0 Å². The molecule has 2 aromatic heterocycles. The van der Waals surface area contributed by atoms with Gasteiger partial charge in [-0.3, -0.25) is 14.9 Å². The zero-order valence-electron chi connectivity index (χ0n) is 19.7. The number of hydrogen-bond donors (Lipinski definition) is 3. The van der Waals surface area contributed by atoms with Crippen molar-refractivity contribution in [3.05, 3.63) is 59.3 Å². The molecule has 2 amide bonds. The maximum atomic E-state index is 13.9. The highest BCUT2D eigenvalue weighted by Crippen LogP contribution is 2.42. The quantitative estimate of drug-likeness (QED) is 0.429. The molecule has 1 saturated heterocycles. The number of benzene rings is 1. The van der Waals surface area contributed by atoms with Crippen LogP contribution in [0.4, 0.5) is 5.82 Å². The molecule has 35 heavy (non-hydrogen) atoms. The van der Waals surface area contributed by atoms with Crippen LogP contribution in [0.3, 0.4) is 0 Å². The van der Waals surface area contributed by atoms with Crippen molar-refractivity contribution in [3.63, 3.8) is 0 Å². The summed E-state index contributed by atoms with van der Waals surface area (Å²) in [7, 11) is 0. The summed E-state index contributed by atoms with van der Waals surface area (Å²) in [5, 5.41) is 14.9. The van der Waals surface area contributed by atoms with Crippen LogP contribution in [0.5, 0.6) is 0 Å². The molecule has 3 heterocycles. The molecule has 3 N–H and O–H groups in total. The molecule has 2 aliphatic rings. The Labute approximate surface area is 209 Å². The lowest BCUT2D eigenvalue weighted by molar-refractivity contribution is -0.125. The van der Waals surface area contributed by atoms with Crippen molar-refractivity contribution in [1.29, 1.82) is 0 Å². The van der Waals surface area contributed by atoms with E-state index in [1.165, 1.54) is 0 Å². The van der Waals surface area contributed by atoms with Crippen molar-refractivity contribution in [2.75, 3.05) is 5.32 Å². The smallest absolute Gasteiger partial charge is 0.236 e. The van der Waals surface area contributed by atoms with Crippen LogP contribution >= 0.6 is 11.6 Å². The summed E-state index contributed by atoms with van der Waals surface area (Å²) in [5.74, 6) is 0.945. The van der Waals surface area contributed by atoms with Crippen LogP contribution in [0.2, 0.25) is 5.02 Å². The molecule has 184 valence electrons. The predicted octanol–water partition coefficient (Wildman–Crippen LogP) is 4.98. The minimum Gasteiger partial charge on any atom is -0.463 e. The van der Waals surface area contributed by atoms with Gasteiger partial charge in [0.25, 0.3) is 0 Å². The summed E-state index contributed by atoms with van der Waals surface area (Å²) in [6, 6.07) is 13.0. The maximum Gasteiger partial charge on any atom is 0.236 e. The largest absolute Gasteiger partial charge is 0.463 e. The van der Waals surface area contributed by atoms with E-state index in [9.17, 15) is 9.59 Å². The average Bonchev–Trinajstić information content (AvgIpc) is 3.60. The van der Waals surface area contributed by atoms with Gasteiger partial charge in [0.2, 0.25) is 11.8 Å². The molecule has 1 saturated carbocycles. The number of aromatic nitrogens is 2. The van der Waals surface area contributed by atoms with Crippen LogP contribution in [0, 0.1) is 0 Å². The fourth-order valence-electron chi connectivity index (χ4n) is 5.28. The van der Waals surface area contributed by atoms with Crippen LogP contribution in [0.1, 0.15) is 63.7 Å². The average molecular weight is 496 g/mol. The molecule has 0 radical (unpaired) electrons. The van der Waals surface area contributed by atoms with Crippen molar-refractivity contribution in [3.8, 4) is 11.5 Å². The molecule has 9 heteroatoms. The molecular weight excluding hydrogens is 466 g/mol. The fourth-order valence-corrected chi connectivity index (χ4v) is 5.41. The van der Waals surface area contributed by atoms with E-state index >= 15 is 0 Å². The van der Waals surface area contributed by atoms with Gasteiger partial charge in [0.1, 0.15) is 11.5 Å². The van der Waals surface area contributed by atoms with Crippen molar-refractivity contribution >= 4 is 29.2 Å². The number of rotatable bonds is 7. The Morgan fingerprint density at radius 3 is 2.71 bits per heavy atom. The second-order valence-corrected chi connectivity index (χ2v) is 9.85. The molecule has 2 atom stereocenters. The third-order valence-corrected chi connectivity index (χ3v) is 7.30. The van der Waals surface area contributed by atoms with Gasteiger partial charge >= 0.3 is 0 Å². The first-order valence-corrected chi connectivity index (χ1v) is 12.6. The molecule has 1 aliphatic carbocycles. The summed E-state index contributed by atoms with van der Waals surface area (Å²) >= 11 is 6.11. The van der Waals surface area contributed by atoms with Crippen molar-refractivity contribution in [1.82, 2.24) is 20.4 Å². The Hall–Kier alpha value is -3.10. The van der Waals surface area contributed by atoms with Gasteiger partial charge in [-0.1, -0.05) is 49.9 Å². The minimum absolute atomic E-state index is 0.0359. The molecule has 0 spiro atoms. The lowest BCUT2D eigenvalue weighted by Crippen LogP contribution is -2.53. The van der Waals surface area contributed by atoms with E-state index in [2.05, 4.69) is 22.9 Å². The van der Waals surface area contributed by atoms with E-state index in [4.69, 9.17) is 21.1 Å². The zero-order valence-corrected chi connectivity index (χ0v) is 20.5. The highest BCUT2D eigenvalue weighted by atomic mass is 35.5. The Kier molecular flexibility index (Phi) is 6.67. The molecule has 5 rings (SSSR count). The monoisotopic (exact) mass is 495 g/mol. The molecule has 2 fully saturated rings. The molecule has 3 aromatic rings. The second kappa shape index (κ2) is 9.87. The first-order valence-electron chi connectivity index (χ1n) is 12.2. The van der Waals surface area contributed by atoms with Crippen LogP contribution < -0.4 is 16.0 Å². The standard InChI is InChI=1S/C26H30ClN5O3/c1-2-6-19-15-23(33)30-25(28-19)32-22(16-20(31-32)21-7-5-14-35-21)29-24(34)26(12-3-4-13-26)17-8-10-18(27)11-9-17/h5,7-11,14,16,19,25,28H,2-4,6,12-13,15H2,1H3,(H,29,34)(H,30,33). The number of nitrogens with one attached hydrogen (secondary N) is 3. The number of furan rings is 1. The number of carbonyl (C=O) groups excluding carboxylic acids is 2. The molecule has 0 bridgehead atoms. The first kappa shape index (κ1) is 23.6. The fraction of sp³-hybridized carbons (Fsp3) is 0.423. The number of hydrogen-bond acceptors (Lipinski definition) is 5. The van der Waals surface area contributed by atoms with E-state index in [0.717, 1.165) is 44.1 Å². The highest BCUT2D eigenvalue weighted by Gasteiger charge is 2.43. The van der Waals surface area contributed by atoms with Crippen molar-refractivity contribution in [2.45, 2.75) is 69.6 Å². The van der Waals surface area contributed by atoms with Crippen LogP contribution in [0.25, 0.3) is 11.5 Å². The summed E-state index contributed by atoms with van der Waals surface area (Å²) < 4.78 is 7.19. The lowest BCUT2D eigenvalue weighted by atomic mass is 9.78. The van der Waals surface area contributed by atoms with Gasteiger partial charge in [-0.15, -0.1) is 0 Å². The Bertz CT molecular complexity index is 1180. The van der Waals surface area contributed by atoms with Gasteiger partial charge in [0.05, 0.1) is 11.7 Å². The number of nitrogens with zero attached hydrogens (tertiary/aromatic N) is 2. The summed E-state index contributed by atoms with van der Waals surface area (Å²) in [6.07, 6.45) is 6.72. The minimum atomic E-state index is -0.640. The SMILES string of the molecule is CCCC1CC(=O)NC(n2nc(-c3ccco3)cc2NC(=O)C2(c3ccc(Cl)cc3)CCCC2)N1. The summed E-state index contributed by atoms with van der Waals surface area (Å²) in [5.41, 5.74) is 0.894. The van der Waals surface area contributed by atoms with Gasteiger partial charge in [-0.2, -0.15) is 5.10 Å². The van der Waals surface area contributed by atoms with E-state index < -0.39 is 11.7 Å². The van der Waals surface area contributed by atoms with Gasteiger partial charge in [0, 0.05) is 23.6 Å². The first-order chi connectivity index (χ1) is 17.0. The van der Waals surface area contributed by atoms with Gasteiger partial charge in [0.15, 0.2) is 12.0 Å². The second-order valence-electron chi connectivity index (χ2n) is 9.41. The molecule has 2 unspecified atom stereocenters. The summed E-state index contributed by atoms with van der Waals surface area (Å²) in [6.45, 7) is 2.09. The number of halogens is 1. The van der Waals surface area contributed by atoms with E-state index in [1.807, 2.05) is 30.3 Å². The van der Waals surface area contributed by atoms with E-state index in [-0.39, 0.29) is 17.9 Å². The summed E-state index contributed by atoms with van der Waals surface area (Å²) in [4.78, 5) is 26.3. The normalized spacial score (nSPS) is 21.6. The zero-order chi connectivity index (χ0) is 24.4. The molecule has 1 aliphatic heterocycles. The van der Waals surface area contributed by atoms with Gasteiger partial charge in [-0.25, -0.2) is 4.68 Å². The lowest BCUT2D eigenvalue weighted by Gasteiger charge is -2.33. The Morgan fingerprint density at radius 1 is 1.26 bits per heavy atom. The predicted molar refractivity (Wildman–Crippen MR) is 134 cm³/mol. The highest BCUT2D eigenvalue weighted by molar-refractivity contribution is 6.30. The maximum absolute atomic E-state index is 13.9. The molecule has 1 aromatic carbocycles. The number of carbonyl (C=O) groups is 2.